The Labute approximate surface area is 242 Å². The predicted molar refractivity (Wildman–Crippen MR) is 167 cm³/mol. The summed E-state index contributed by atoms with van der Waals surface area (Å²) in [6.45, 7) is 9.06. The molecule has 2 heterocycles. The van der Waals surface area contributed by atoms with Crippen LogP contribution in [-0.4, -0.2) is 53.8 Å². The van der Waals surface area contributed by atoms with Crippen LogP contribution in [0, 0.1) is 0 Å². The van der Waals surface area contributed by atoms with E-state index in [1.165, 1.54) is 11.1 Å². The van der Waals surface area contributed by atoms with Crippen LogP contribution in [0.25, 0.3) is 33.5 Å². The van der Waals surface area contributed by atoms with Crippen molar-refractivity contribution in [2.75, 3.05) is 39.3 Å². The largest absolute Gasteiger partial charge is 0.492 e. The van der Waals surface area contributed by atoms with Crippen LogP contribution in [0.1, 0.15) is 19.8 Å². The van der Waals surface area contributed by atoms with Crippen LogP contribution in [0.2, 0.25) is 0 Å². The molecule has 41 heavy (non-hydrogen) atoms. The number of nitrogens with zero attached hydrogens (tertiary/aromatic N) is 3. The van der Waals surface area contributed by atoms with E-state index in [4.69, 9.17) is 14.5 Å². The summed E-state index contributed by atoms with van der Waals surface area (Å²) in [5.41, 5.74) is 5.55. The van der Waals surface area contributed by atoms with E-state index in [0.29, 0.717) is 6.61 Å². The first kappa shape index (κ1) is 27.1. The summed E-state index contributed by atoms with van der Waals surface area (Å²) in [7, 11) is 0. The Morgan fingerprint density at radius 2 is 1.39 bits per heavy atom. The Kier molecular flexibility index (Phi) is 8.60. The summed E-state index contributed by atoms with van der Waals surface area (Å²) in [6.07, 6.45) is 2.21. The van der Waals surface area contributed by atoms with E-state index in [-0.39, 0.29) is 0 Å². The molecule has 0 atom stereocenters. The summed E-state index contributed by atoms with van der Waals surface area (Å²) in [6, 6.07) is 33.1. The molecule has 0 spiro atoms. The zero-order valence-electron chi connectivity index (χ0n) is 23.8. The quantitative estimate of drug-likeness (QED) is 0.189. The monoisotopic (exact) mass is 546 g/mol. The number of nitrogens with one attached hydrogen (secondary N) is 1. The molecule has 4 aromatic carbocycles. The van der Waals surface area contributed by atoms with Crippen molar-refractivity contribution in [3.05, 3.63) is 97.1 Å². The van der Waals surface area contributed by atoms with Gasteiger partial charge in [-0.3, -0.25) is 4.90 Å². The highest BCUT2D eigenvalue weighted by atomic mass is 16.5. The first-order chi connectivity index (χ1) is 20.3. The summed E-state index contributed by atoms with van der Waals surface area (Å²) in [4.78, 5) is 7.48. The average molecular weight is 547 g/mol. The zero-order valence-corrected chi connectivity index (χ0v) is 23.8. The third-order valence-corrected chi connectivity index (χ3v) is 7.65. The molecular weight excluding hydrogens is 508 g/mol. The maximum Gasteiger partial charge on any atom is 0.141 e. The lowest BCUT2D eigenvalue weighted by atomic mass is 10.1. The van der Waals surface area contributed by atoms with Gasteiger partial charge < -0.3 is 19.4 Å². The summed E-state index contributed by atoms with van der Waals surface area (Å²) in [5.74, 6) is 3.50. The second-order valence-corrected chi connectivity index (χ2v) is 10.5. The Morgan fingerprint density at radius 3 is 2.10 bits per heavy atom. The molecule has 0 unspecified atom stereocenters. The summed E-state index contributed by atoms with van der Waals surface area (Å²) >= 11 is 0. The molecule has 6 heteroatoms. The van der Waals surface area contributed by atoms with Crippen molar-refractivity contribution in [3.8, 4) is 39.8 Å². The van der Waals surface area contributed by atoms with E-state index >= 15 is 0 Å². The molecule has 1 aliphatic rings. The average Bonchev–Trinajstić information content (AvgIpc) is 3.39. The number of aryl methyl sites for hydroxylation is 1. The fourth-order valence-corrected chi connectivity index (χ4v) is 5.34. The number of benzene rings is 4. The molecule has 5 aromatic rings. The molecule has 0 amide bonds. The molecule has 0 radical (unpaired) electrons. The number of hydrogen-bond donors (Lipinski definition) is 1. The van der Waals surface area contributed by atoms with Gasteiger partial charge in [0.05, 0.1) is 11.0 Å². The summed E-state index contributed by atoms with van der Waals surface area (Å²) < 4.78 is 14.7. The topological polar surface area (TPSA) is 51.6 Å². The number of rotatable bonds is 11. The number of unbranched alkanes of at least 4 members (excludes halogenated alkanes) is 1. The van der Waals surface area contributed by atoms with Gasteiger partial charge in [-0.25, -0.2) is 4.98 Å². The minimum Gasteiger partial charge on any atom is -0.492 e. The Bertz CT molecular complexity index is 1540. The number of fused-ring (bicyclic) bond motifs is 1. The van der Waals surface area contributed by atoms with E-state index in [9.17, 15) is 0 Å². The second kappa shape index (κ2) is 13.0. The van der Waals surface area contributed by atoms with Gasteiger partial charge in [0.2, 0.25) is 0 Å². The van der Waals surface area contributed by atoms with Gasteiger partial charge in [0, 0.05) is 50.9 Å². The molecular formula is C35H38N4O2. The van der Waals surface area contributed by atoms with Gasteiger partial charge in [-0.1, -0.05) is 55.8 Å². The molecule has 6 rings (SSSR count). The van der Waals surface area contributed by atoms with Crippen molar-refractivity contribution in [3.63, 3.8) is 0 Å². The van der Waals surface area contributed by atoms with Crippen molar-refractivity contribution >= 4 is 11.0 Å². The highest BCUT2D eigenvalue weighted by Gasteiger charge is 2.15. The maximum atomic E-state index is 6.18. The first-order valence-electron chi connectivity index (χ1n) is 14.8. The Hall–Kier alpha value is -4.13. The van der Waals surface area contributed by atoms with Gasteiger partial charge in [-0.05, 0) is 66.1 Å². The Morgan fingerprint density at radius 1 is 0.732 bits per heavy atom. The highest BCUT2D eigenvalue weighted by Crippen LogP contribution is 2.31. The van der Waals surface area contributed by atoms with Gasteiger partial charge in [0.1, 0.15) is 29.7 Å². The maximum absolute atomic E-state index is 6.18. The number of piperazine rings is 1. The third-order valence-electron chi connectivity index (χ3n) is 7.65. The van der Waals surface area contributed by atoms with Gasteiger partial charge in [0.25, 0.3) is 0 Å². The predicted octanol–water partition coefficient (Wildman–Crippen LogP) is 7.25. The van der Waals surface area contributed by atoms with E-state index in [1.807, 2.05) is 36.4 Å². The number of imidazole rings is 1. The van der Waals surface area contributed by atoms with Gasteiger partial charge in [-0.2, -0.15) is 0 Å². The normalized spacial score (nSPS) is 13.9. The summed E-state index contributed by atoms with van der Waals surface area (Å²) in [5, 5.41) is 3.40. The van der Waals surface area contributed by atoms with Gasteiger partial charge in [0.15, 0.2) is 0 Å². The van der Waals surface area contributed by atoms with Crippen molar-refractivity contribution in [2.45, 2.75) is 26.3 Å². The van der Waals surface area contributed by atoms with E-state index in [0.717, 1.165) is 91.8 Å². The molecule has 1 aromatic heterocycles. The standard InChI is InChI=1S/C35H38N4O2/c1-2-3-21-39-34-26-32(40-25-24-38-22-19-36-20-23-38)17-18-33(34)37-35(39)29-11-15-31(16-12-29)41-30-13-9-28(10-14-30)27-7-5-4-6-8-27/h4-18,26,36H,2-3,19-25H2,1H3. The zero-order chi connectivity index (χ0) is 27.9. The minimum atomic E-state index is 0.692. The molecule has 1 aliphatic heterocycles. The fourth-order valence-electron chi connectivity index (χ4n) is 5.34. The van der Waals surface area contributed by atoms with Crippen LogP contribution >= 0.6 is 0 Å². The second-order valence-electron chi connectivity index (χ2n) is 10.5. The minimum absolute atomic E-state index is 0.692. The van der Waals surface area contributed by atoms with E-state index in [1.54, 1.807) is 0 Å². The van der Waals surface area contributed by atoms with Crippen LogP contribution in [0.4, 0.5) is 0 Å². The van der Waals surface area contributed by atoms with Crippen LogP contribution in [0.15, 0.2) is 97.1 Å². The van der Waals surface area contributed by atoms with E-state index in [2.05, 4.69) is 82.4 Å². The molecule has 1 saturated heterocycles. The van der Waals surface area contributed by atoms with Crippen LogP contribution in [0.5, 0.6) is 17.2 Å². The lowest BCUT2D eigenvalue weighted by Gasteiger charge is -2.26. The number of hydrogen-bond acceptors (Lipinski definition) is 5. The molecule has 1 N–H and O–H groups in total. The van der Waals surface area contributed by atoms with Crippen LogP contribution in [-0.2, 0) is 6.54 Å². The van der Waals surface area contributed by atoms with Crippen molar-refractivity contribution in [2.24, 2.45) is 0 Å². The highest BCUT2D eigenvalue weighted by molar-refractivity contribution is 5.82. The smallest absolute Gasteiger partial charge is 0.141 e. The SMILES string of the molecule is CCCCn1c(-c2ccc(Oc3ccc(-c4ccccc4)cc3)cc2)nc2ccc(OCCN3CCNCC3)cc21. The number of aromatic nitrogens is 2. The molecule has 1 fully saturated rings. The van der Waals surface area contributed by atoms with Crippen molar-refractivity contribution in [1.82, 2.24) is 19.8 Å². The van der Waals surface area contributed by atoms with Crippen molar-refractivity contribution in [1.29, 1.82) is 0 Å². The van der Waals surface area contributed by atoms with Gasteiger partial charge in [-0.15, -0.1) is 0 Å². The lowest BCUT2D eigenvalue weighted by molar-refractivity contribution is 0.191. The third kappa shape index (κ3) is 6.62. The van der Waals surface area contributed by atoms with Crippen LogP contribution in [0.3, 0.4) is 0 Å². The molecule has 6 nitrogen and oxygen atoms in total. The molecule has 0 saturated carbocycles. The molecule has 0 aliphatic carbocycles. The number of ether oxygens (including phenoxy) is 2. The van der Waals surface area contributed by atoms with Gasteiger partial charge >= 0.3 is 0 Å². The van der Waals surface area contributed by atoms with E-state index < -0.39 is 0 Å². The Balaban J connectivity index is 1.17. The first-order valence-corrected chi connectivity index (χ1v) is 14.8. The molecule has 210 valence electrons. The fraction of sp³-hybridized carbons (Fsp3) is 0.286. The molecule has 0 bridgehead atoms. The van der Waals surface area contributed by atoms with Crippen LogP contribution < -0.4 is 14.8 Å². The van der Waals surface area contributed by atoms with Crippen molar-refractivity contribution < 1.29 is 9.47 Å². The lowest BCUT2D eigenvalue weighted by Crippen LogP contribution is -2.44.